The summed E-state index contributed by atoms with van der Waals surface area (Å²) in [7, 11) is 4.11. The molecule has 0 saturated carbocycles. The van der Waals surface area contributed by atoms with E-state index in [0.717, 1.165) is 36.5 Å². The fourth-order valence-electron chi connectivity index (χ4n) is 3.51. The molecule has 0 unspecified atom stereocenters. The molecule has 0 atom stereocenters. The van der Waals surface area contributed by atoms with Gasteiger partial charge in [-0.1, -0.05) is 11.2 Å². The van der Waals surface area contributed by atoms with E-state index in [1.165, 1.54) is 24.3 Å². The Morgan fingerprint density at radius 3 is 2.49 bits per heavy atom. The Hall–Kier alpha value is -3.73. The third kappa shape index (κ3) is 6.66. The molecule has 0 saturated heterocycles. The zero-order chi connectivity index (χ0) is 25.0. The lowest BCUT2D eigenvalue weighted by Gasteiger charge is -2.09. The van der Waals surface area contributed by atoms with Gasteiger partial charge in [-0.15, -0.1) is 13.2 Å². The second-order valence-electron chi connectivity index (χ2n) is 8.35. The van der Waals surface area contributed by atoms with Crippen LogP contribution in [0.15, 0.2) is 53.1 Å². The number of alkyl halides is 3. The van der Waals surface area contributed by atoms with E-state index in [1.54, 1.807) is 0 Å². The van der Waals surface area contributed by atoms with Crippen LogP contribution in [-0.2, 0) is 13.0 Å². The first-order valence-electron chi connectivity index (χ1n) is 11.0. The molecule has 0 spiro atoms. The lowest BCUT2D eigenvalue weighted by molar-refractivity contribution is -0.274. The van der Waals surface area contributed by atoms with E-state index in [0.29, 0.717) is 17.8 Å². The van der Waals surface area contributed by atoms with Crippen LogP contribution in [0.5, 0.6) is 5.75 Å². The molecule has 3 heterocycles. The van der Waals surface area contributed by atoms with Gasteiger partial charge < -0.3 is 14.2 Å². The quantitative estimate of drug-likeness (QED) is 0.338. The highest BCUT2D eigenvalue weighted by Gasteiger charge is 2.31. The minimum absolute atomic E-state index is 0.211. The van der Waals surface area contributed by atoms with Gasteiger partial charge in [-0.05, 0) is 82.9 Å². The maximum Gasteiger partial charge on any atom is 0.573 e. The van der Waals surface area contributed by atoms with Crippen LogP contribution in [0.1, 0.15) is 23.5 Å². The van der Waals surface area contributed by atoms with E-state index in [9.17, 15) is 13.2 Å². The van der Waals surface area contributed by atoms with Crippen LogP contribution in [0.2, 0.25) is 0 Å². The minimum atomic E-state index is -4.75. The number of rotatable bonds is 9. The molecule has 0 radical (unpaired) electrons. The first-order chi connectivity index (χ1) is 16.7. The predicted octanol–water partition coefficient (Wildman–Crippen LogP) is 4.74. The molecule has 0 aliphatic carbocycles. The van der Waals surface area contributed by atoms with E-state index in [4.69, 9.17) is 9.51 Å². The second kappa shape index (κ2) is 10.3. The Labute approximate surface area is 200 Å². The molecule has 0 aliphatic heterocycles. The van der Waals surface area contributed by atoms with Crippen LogP contribution in [0, 0.1) is 6.92 Å². The maximum atomic E-state index is 12.3. The summed E-state index contributed by atoms with van der Waals surface area (Å²) >= 11 is 0. The first-order valence-corrected chi connectivity index (χ1v) is 11.0. The lowest BCUT2D eigenvalue weighted by atomic mass is 10.2. The Balaban J connectivity index is 1.45. The predicted molar refractivity (Wildman–Crippen MR) is 123 cm³/mol. The molecule has 0 N–H and O–H groups in total. The topological polar surface area (TPSA) is 82.1 Å². The average molecular weight is 486 g/mol. The molecule has 0 fully saturated rings. The highest BCUT2D eigenvalue weighted by Crippen LogP contribution is 2.27. The fraction of sp³-hybridized carbons (Fsp3) is 0.333. The Bertz CT molecular complexity index is 1270. The number of aromatic nitrogens is 5. The van der Waals surface area contributed by atoms with Gasteiger partial charge in [-0.25, -0.2) is 0 Å². The van der Waals surface area contributed by atoms with Crippen molar-refractivity contribution in [2.75, 3.05) is 20.6 Å². The lowest BCUT2D eigenvalue weighted by Crippen LogP contribution is -2.16. The summed E-state index contributed by atoms with van der Waals surface area (Å²) in [5.41, 5.74) is 3.83. The van der Waals surface area contributed by atoms with Crippen molar-refractivity contribution >= 4 is 0 Å². The largest absolute Gasteiger partial charge is 0.573 e. The number of ether oxygens (including phenoxy) is 1. The molecule has 3 aromatic heterocycles. The smallest absolute Gasteiger partial charge is 0.406 e. The summed E-state index contributed by atoms with van der Waals surface area (Å²) in [5, 5.41) is 8.51. The minimum Gasteiger partial charge on any atom is -0.406 e. The number of hydrogen-bond donors (Lipinski definition) is 0. The number of halogens is 3. The summed E-state index contributed by atoms with van der Waals surface area (Å²) in [5.74, 6) is 0.121. The van der Waals surface area contributed by atoms with Crippen molar-refractivity contribution < 1.29 is 22.4 Å². The maximum absolute atomic E-state index is 12.3. The number of nitrogens with zero attached hydrogens (tertiary/aromatic N) is 6. The fourth-order valence-corrected chi connectivity index (χ4v) is 3.51. The van der Waals surface area contributed by atoms with Crippen molar-refractivity contribution in [2.24, 2.45) is 0 Å². The highest BCUT2D eigenvalue weighted by atomic mass is 19.4. The molecule has 4 rings (SSSR count). The third-order valence-electron chi connectivity index (χ3n) is 5.19. The van der Waals surface area contributed by atoms with Crippen molar-refractivity contribution in [2.45, 2.75) is 32.7 Å². The van der Waals surface area contributed by atoms with Crippen molar-refractivity contribution in [3.05, 3.63) is 65.6 Å². The van der Waals surface area contributed by atoms with Crippen molar-refractivity contribution in [3.63, 3.8) is 0 Å². The van der Waals surface area contributed by atoms with E-state index >= 15 is 0 Å². The van der Waals surface area contributed by atoms with Gasteiger partial charge in [0.15, 0.2) is 5.69 Å². The van der Waals surface area contributed by atoms with Gasteiger partial charge in [-0.2, -0.15) is 10.1 Å². The molecule has 0 aliphatic rings. The summed E-state index contributed by atoms with van der Waals surface area (Å²) in [4.78, 5) is 11.2. The van der Waals surface area contributed by atoms with Gasteiger partial charge in [0.2, 0.25) is 5.82 Å². The zero-order valence-corrected chi connectivity index (χ0v) is 19.6. The third-order valence-corrected chi connectivity index (χ3v) is 5.19. The molecule has 184 valence electrons. The highest BCUT2D eigenvalue weighted by molar-refractivity contribution is 5.58. The van der Waals surface area contributed by atoms with Crippen LogP contribution in [0.4, 0.5) is 13.2 Å². The molecule has 35 heavy (non-hydrogen) atoms. The van der Waals surface area contributed by atoms with Gasteiger partial charge >= 0.3 is 6.36 Å². The Morgan fingerprint density at radius 2 is 1.77 bits per heavy atom. The summed E-state index contributed by atoms with van der Waals surface area (Å²) in [6.07, 6.45) is -2.81. The van der Waals surface area contributed by atoms with Crippen LogP contribution in [0.3, 0.4) is 0 Å². The first kappa shape index (κ1) is 24.4. The number of benzene rings is 1. The van der Waals surface area contributed by atoms with E-state index in [-0.39, 0.29) is 17.5 Å². The number of pyridine rings is 1. The van der Waals surface area contributed by atoms with Crippen LogP contribution >= 0.6 is 0 Å². The monoisotopic (exact) mass is 486 g/mol. The van der Waals surface area contributed by atoms with Crippen LogP contribution < -0.4 is 4.74 Å². The number of aryl methyl sites for hydroxylation is 2. The molecule has 11 heteroatoms. The molecule has 1 aromatic carbocycles. The van der Waals surface area contributed by atoms with Crippen LogP contribution in [-0.4, -0.2) is 56.8 Å². The average Bonchev–Trinajstić information content (AvgIpc) is 3.41. The normalized spacial score (nSPS) is 11.9. The molecule has 8 nitrogen and oxygen atoms in total. The van der Waals surface area contributed by atoms with Gasteiger partial charge in [-0.3, -0.25) is 9.67 Å². The molecular formula is C24H25F3N6O2. The van der Waals surface area contributed by atoms with E-state index < -0.39 is 6.36 Å². The second-order valence-corrected chi connectivity index (χ2v) is 8.35. The van der Waals surface area contributed by atoms with Crippen molar-refractivity contribution in [3.8, 4) is 28.7 Å². The summed E-state index contributed by atoms with van der Waals surface area (Å²) in [6, 6.07) is 13.1. The molecule has 4 aromatic rings. The summed E-state index contributed by atoms with van der Waals surface area (Å²) < 4.78 is 48.1. The van der Waals surface area contributed by atoms with Gasteiger partial charge in [0.25, 0.3) is 5.89 Å². The Morgan fingerprint density at radius 1 is 1.03 bits per heavy atom. The molecular weight excluding hydrogens is 461 g/mol. The molecule has 0 bridgehead atoms. The van der Waals surface area contributed by atoms with Crippen molar-refractivity contribution in [1.82, 2.24) is 29.8 Å². The van der Waals surface area contributed by atoms with Crippen molar-refractivity contribution in [1.29, 1.82) is 0 Å². The number of hydrogen-bond acceptors (Lipinski definition) is 7. The van der Waals surface area contributed by atoms with E-state index in [2.05, 4.69) is 39.0 Å². The Kier molecular flexibility index (Phi) is 7.15. The van der Waals surface area contributed by atoms with E-state index in [1.807, 2.05) is 35.9 Å². The summed E-state index contributed by atoms with van der Waals surface area (Å²) in [6.45, 7) is 3.42. The van der Waals surface area contributed by atoms with Crippen LogP contribution in [0.25, 0.3) is 23.0 Å². The molecule has 0 amide bonds. The van der Waals surface area contributed by atoms with Gasteiger partial charge in [0.05, 0.1) is 12.2 Å². The SMILES string of the molecule is Cc1cc(-c2nc(-c3ccc(OC(F)(F)F)cc3)no2)nn1Cc1cccc(CCCN(C)C)n1. The zero-order valence-electron chi connectivity index (χ0n) is 19.6. The van der Waals surface area contributed by atoms with Gasteiger partial charge in [0, 0.05) is 17.0 Å². The van der Waals surface area contributed by atoms with Gasteiger partial charge in [0.1, 0.15) is 5.75 Å². The standard InChI is InChI=1S/C24H25F3N6O2/c1-16-14-21(30-33(16)15-19-7-4-6-18(28-19)8-5-13-32(2)3)23-29-22(31-35-23)17-9-11-20(12-10-17)34-24(25,26)27/h4,6-7,9-12,14H,5,8,13,15H2,1-3H3.